The second-order valence-corrected chi connectivity index (χ2v) is 4.60. The van der Waals surface area contributed by atoms with Gasteiger partial charge in [0.25, 0.3) is 0 Å². The predicted octanol–water partition coefficient (Wildman–Crippen LogP) is 3.46. The molecule has 0 atom stereocenters. The molecule has 0 aliphatic rings. The van der Waals surface area contributed by atoms with Gasteiger partial charge in [0, 0.05) is 6.08 Å². The molecule has 0 fully saturated rings. The number of rotatable bonds is 5. The molecule has 0 aliphatic carbocycles. The molecule has 0 aliphatic heterocycles. The molecule has 0 amide bonds. The highest BCUT2D eigenvalue weighted by molar-refractivity contribution is 5.76. The summed E-state index contributed by atoms with van der Waals surface area (Å²) in [6, 6.07) is 14.7. The van der Waals surface area contributed by atoms with Crippen molar-refractivity contribution in [1.29, 1.82) is 0 Å². The number of aromatic nitrogens is 1. The summed E-state index contributed by atoms with van der Waals surface area (Å²) in [6.07, 6.45) is 3.65. The first kappa shape index (κ1) is 13.9. The van der Waals surface area contributed by atoms with E-state index in [1.165, 1.54) is 0 Å². The fourth-order valence-electron chi connectivity index (χ4n) is 1.95. The van der Waals surface area contributed by atoms with Gasteiger partial charge in [0.05, 0.1) is 0 Å². The Hall–Kier alpha value is -3.08. The molecule has 1 heterocycles. The fraction of sp³-hybridized carbons (Fsp3) is 0.0588. The number of nitrogens with zero attached hydrogens (tertiary/aromatic N) is 1. The van der Waals surface area contributed by atoms with Crippen molar-refractivity contribution in [3.63, 3.8) is 0 Å². The van der Waals surface area contributed by atoms with E-state index < -0.39 is 5.97 Å². The van der Waals surface area contributed by atoms with Gasteiger partial charge >= 0.3 is 5.97 Å². The molecular formula is C17H13NO4. The van der Waals surface area contributed by atoms with Crippen molar-refractivity contribution in [2.75, 3.05) is 6.61 Å². The first-order valence-electron chi connectivity index (χ1n) is 6.69. The van der Waals surface area contributed by atoms with E-state index in [-0.39, 0.29) is 6.61 Å². The lowest BCUT2D eigenvalue weighted by molar-refractivity contribution is -0.139. The minimum Gasteiger partial charge on any atom is -0.482 e. The lowest BCUT2D eigenvalue weighted by atomic mass is 10.2. The molecule has 2 aromatic carbocycles. The smallest absolute Gasteiger partial charge is 0.341 e. The van der Waals surface area contributed by atoms with E-state index in [2.05, 4.69) is 4.98 Å². The van der Waals surface area contributed by atoms with Crippen LogP contribution in [-0.2, 0) is 4.79 Å². The van der Waals surface area contributed by atoms with Crippen LogP contribution < -0.4 is 4.74 Å². The SMILES string of the molecule is O=C(O)COc1ccc(/C=C\c2nc3ccccc3o2)cc1. The highest BCUT2D eigenvalue weighted by Crippen LogP contribution is 2.18. The van der Waals surface area contributed by atoms with E-state index >= 15 is 0 Å². The molecule has 5 heteroatoms. The summed E-state index contributed by atoms with van der Waals surface area (Å²) in [5, 5.41) is 8.55. The van der Waals surface area contributed by atoms with E-state index in [1.807, 2.05) is 42.5 Å². The number of fused-ring (bicyclic) bond motifs is 1. The molecule has 22 heavy (non-hydrogen) atoms. The molecule has 0 bridgehead atoms. The van der Waals surface area contributed by atoms with Crippen LogP contribution in [0.25, 0.3) is 23.3 Å². The van der Waals surface area contributed by atoms with Gasteiger partial charge in [0.15, 0.2) is 12.2 Å². The van der Waals surface area contributed by atoms with Gasteiger partial charge in [-0.25, -0.2) is 9.78 Å². The predicted molar refractivity (Wildman–Crippen MR) is 82.5 cm³/mol. The summed E-state index contributed by atoms with van der Waals surface area (Å²) in [6.45, 7) is -0.349. The zero-order valence-corrected chi connectivity index (χ0v) is 11.6. The summed E-state index contributed by atoms with van der Waals surface area (Å²) in [7, 11) is 0. The molecule has 1 aromatic heterocycles. The first-order valence-corrected chi connectivity index (χ1v) is 6.69. The summed E-state index contributed by atoms with van der Waals surface area (Å²) in [4.78, 5) is 14.8. The Labute approximate surface area is 126 Å². The summed E-state index contributed by atoms with van der Waals surface area (Å²) >= 11 is 0. The fourth-order valence-corrected chi connectivity index (χ4v) is 1.95. The minimum absolute atomic E-state index is 0.349. The van der Waals surface area contributed by atoms with Crippen LogP contribution in [0.15, 0.2) is 52.9 Å². The van der Waals surface area contributed by atoms with Gasteiger partial charge in [0.2, 0.25) is 5.89 Å². The van der Waals surface area contributed by atoms with Crippen LogP contribution in [0.3, 0.4) is 0 Å². The van der Waals surface area contributed by atoms with Crippen molar-refractivity contribution in [1.82, 2.24) is 4.98 Å². The number of carboxylic acids is 1. The number of hydrogen-bond donors (Lipinski definition) is 1. The number of oxazole rings is 1. The average molecular weight is 295 g/mol. The van der Waals surface area contributed by atoms with Gasteiger partial charge in [-0.1, -0.05) is 24.3 Å². The second-order valence-electron chi connectivity index (χ2n) is 4.60. The Morgan fingerprint density at radius 3 is 2.64 bits per heavy atom. The highest BCUT2D eigenvalue weighted by Gasteiger charge is 2.01. The van der Waals surface area contributed by atoms with Gasteiger partial charge < -0.3 is 14.3 Å². The molecule has 0 saturated carbocycles. The maximum atomic E-state index is 10.4. The largest absolute Gasteiger partial charge is 0.482 e. The van der Waals surface area contributed by atoms with Gasteiger partial charge in [-0.2, -0.15) is 0 Å². The van der Waals surface area contributed by atoms with Crippen molar-refractivity contribution >= 4 is 29.2 Å². The Kier molecular flexibility index (Phi) is 3.87. The molecule has 0 spiro atoms. The Morgan fingerprint density at radius 2 is 1.91 bits per heavy atom. The third-order valence-electron chi connectivity index (χ3n) is 2.97. The topological polar surface area (TPSA) is 72.6 Å². The monoisotopic (exact) mass is 295 g/mol. The van der Waals surface area contributed by atoms with Crippen molar-refractivity contribution < 1.29 is 19.1 Å². The molecule has 3 aromatic rings. The van der Waals surface area contributed by atoms with Crippen LogP contribution in [0.4, 0.5) is 0 Å². The molecule has 3 rings (SSSR count). The molecule has 5 nitrogen and oxygen atoms in total. The quantitative estimate of drug-likeness (QED) is 0.780. The van der Waals surface area contributed by atoms with E-state index in [0.29, 0.717) is 11.6 Å². The molecular weight excluding hydrogens is 282 g/mol. The van der Waals surface area contributed by atoms with Gasteiger partial charge in [0.1, 0.15) is 11.3 Å². The summed E-state index contributed by atoms with van der Waals surface area (Å²) in [5.74, 6) is 0.0498. The lowest BCUT2D eigenvalue weighted by Gasteiger charge is -2.02. The third-order valence-corrected chi connectivity index (χ3v) is 2.97. The van der Waals surface area contributed by atoms with Crippen molar-refractivity contribution in [2.24, 2.45) is 0 Å². The Morgan fingerprint density at radius 1 is 1.14 bits per heavy atom. The molecule has 0 radical (unpaired) electrons. The number of aliphatic carboxylic acids is 1. The minimum atomic E-state index is -1.00. The van der Waals surface area contributed by atoms with Gasteiger partial charge in [-0.05, 0) is 35.9 Å². The molecule has 1 N–H and O–H groups in total. The maximum Gasteiger partial charge on any atom is 0.341 e. The van der Waals surface area contributed by atoms with Crippen LogP contribution in [0, 0.1) is 0 Å². The van der Waals surface area contributed by atoms with Gasteiger partial charge in [-0.3, -0.25) is 0 Å². The van der Waals surface area contributed by atoms with Crippen LogP contribution >= 0.6 is 0 Å². The van der Waals surface area contributed by atoms with E-state index in [1.54, 1.807) is 18.2 Å². The number of carboxylic acid groups (broad SMARTS) is 1. The van der Waals surface area contributed by atoms with Crippen molar-refractivity contribution in [3.05, 3.63) is 60.0 Å². The van der Waals surface area contributed by atoms with Crippen molar-refractivity contribution in [2.45, 2.75) is 0 Å². The first-order chi connectivity index (χ1) is 10.7. The van der Waals surface area contributed by atoms with Crippen LogP contribution in [0.2, 0.25) is 0 Å². The van der Waals surface area contributed by atoms with E-state index in [9.17, 15) is 4.79 Å². The number of carbonyl (C=O) groups is 1. The second kappa shape index (κ2) is 6.13. The van der Waals surface area contributed by atoms with E-state index in [0.717, 1.165) is 16.7 Å². The van der Waals surface area contributed by atoms with Crippen molar-refractivity contribution in [3.8, 4) is 5.75 Å². The number of hydrogen-bond acceptors (Lipinski definition) is 4. The normalized spacial score (nSPS) is 11.1. The summed E-state index contributed by atoms with van der Waals surface area (Å²) in [5.41, 5.74) is 2.50. The Balaban J connectivity index is 1.70. The molecule has 0 unspecified atom stereocenters. The third kappa shape index (κ3) is 3.32. The zero-order chi connectivity index (χ0) is 15.4. The van der Waals surface area contributed by atoms with Crippen LogP contribution in [0.5, 0.6) is 5.75 Å². The van der Waals surface area contributed by atoms with Crippen LogP contribution in [0.1, 0.15) is 11.5 Å². The van der Waals surface area contributed by atoms with Crippen LogP contribution in [-0.4, -0.2) is 22.7 Å². The maximum absolute atomic E-state index is 10.4. The highest BCUT2D eigenvalue weighted by atomic mass is 16.5. The number of benzene rings is 2. The lowest BCUT2D eigenvalue weighted by Crippen LogP contribution is -2.09. The number of ether oxygens (including phenoxy) is 1. The Bertz CT molecular complexity index is 785. The standard InChI is InChI=1S/C17H13NO4/c19-17(20)11-21-13-8-5-12(6-9-13)7-10-16-18-14-3-1-2-4-15(14)22-16/h1-10H,11H2,(H,19,20)/b10-7-. The summed E-state index contributed by atoms with van der Waals surface area (Å²) < 4.78 is 10.7. The van der Waals surface area contributed by atoms with E-state index in [4.69, 9.17) is 14.3 Å². The van der Waals surface area contributed by atoms with Gasteiger partial charge in [-0.15, -0.1) is 0 Å². The molecule has 110 valence electrons. The number of para-hydroxylation sites is 2. The zero-order valence-electron chi connectivity index (χ0n) is 11.6. The average Bonchev–Trinajstić information content (AvgIpc) is 2.95. The molecule has 0 saturated heterocycles.